The molecule has 1 aromatic carbocycles. The van der Waals surface area contributed by atoms with E-state index in [0.29, 0.717) is 17.9 Å². The van der Waals surface area contributed by atoms with E-state index in [2.05, 4.69) is 16.7 Å². The topological polar surface area (TPSA) is 70.2 Å². The Labute approximate surface area is 173 Å². The van der Waals surface area contributed by atoms with E-state index >= 15 is 0 Å². The summed E-state index contributed by atoms with van der Waals surface area (Å²) in [5.74, 6) is 2.80. The van der Waals surface area contributed by atoms with Crippen molar-refractivity contribution in [1.29, 1.82) is 0 Å². The van der Waals surface area contributed by atoms with Crippen molar-refractivity contribution in [2.24, 2.45) is 11.8 Å². The van der Waals surface area contributed by atoms with E-state index in [-0.39, 0.29) is 11.8 Å². The van der Waals surface area contributed by atoms with E-state index in [1.54, 1.807) is 0 Å². The zero-order chi connectivity index (χ0) is 20.2. The van der Waals surface area contributed by atoms with Gasteiger partial charge in [0.1, 0.15) is 5.82 Å². The summed E-state index contributed by atoms with van der Waals surface area (Å²) in [5, 5.41) is 7.85. The first kappa shape index (κ1) is 19.9. The number of nitrogens with one attached hydrogen (secondary N) is 2. The number of anilines is 2. The van der Waals surface area contributed by atoms with E-state index in [1.165, 1.54) is 12.8 Å². The van der Waals surface area contributed by atoms with Gasteiger partial charge in [0.15, 0.2) is 0 Å². The third-order valence-corrected chi connectivity index (χ3v) is 6.48. The molecule has 2 aliphatic carbocycles. The molecule has 1 amide bonds. The number of amides is 1. The first-order valence-corrected chi connectivity index (χ1v) is 11.1. The summed E-state index contributed by atoms with van der Waals surface area (Å²) in [4.78, 5) is 23.8. The van der Waals surface area contributed by atoms with Crippen LogP contribution in [0.1, 0.15) is 51.4 Å². The zero-order valence-electron chi connectivity index (χ0n) is 17.7. The third-order valence-electron chi connectivity index (χ3n) is 6.48. The van der Waals surface area contributed by atoms with Crippen LogP contribution in [0.15, 0.2) is 24.3 Å². The highest BCUT2D eigenvalue weighted by molar-refractivity contribution is 5.90. The maximum Gasteiger partial charge on any atom is 0.225 e. The van der Waals surface area contributed by atoms with Crippen LogP contribution in [-0.4, -0.2) is 42.6 Å². The lowest BCUT2D eigenvalue weighted by Gasteiger charge is -2.29. The molecule has 6 nitrogen and oxygen atoms in total. The quantitative estimate of drug-likeness (QED) is 0.774. The minimum Gasteiger partial charge on any atom is -0.362 e. The fraction of sp³-hybridized carbons (Fsp3) is 0.609. The molecule has 2 aliphatic rings. The average Bonchev–Trinajstić information content (AvgIpc) is 3.27. The van der Waals surface area contributed by atoms with Crippen LogP contribution in [0.25, 0.3) is 10.9 Å². The lowest BCUT2D eigenvalue weighted by Crippen LogP contribution is -2.36. The van der Waals surface area contributed by atoms with E-state index < -0.39 is 0 Å². The standard InChI is InChI=1S/C23H33N5O/c1-28(2)21-19-9-5-6-10-20(19)26-23(27-21)25-18-13-11-16(12-14-18)15-24-22(29)17-7-3-4-8-17/h5-6,9-10,16-18H,3-4,7-8,11-15H2,1-2H3,(H,24,29)(H,25,26,27). The van der Waals surface area contributed by atoms with Crippen LogP contribution in [0, 0.1) is 11.8 Å². The van der Waals surface area contributed by atoms with Gasteiger partial charge in [0.2, 0.25) is 11.9 Å². The molecule has 0 spiro atoms. The largest absolute Gasteiger partial charge is 0.362 e. The second kappa shape index (κ2) is 8.97. The molecular weight excluding hydrogens is 362 g/mol. The Balaban J connectivity index is 1.31. The van der Waals surface area contributed by atoms with Crippen LogP contribution >= 0.6 is 0 Å². The number of benzene rings is 1. The Kier molecular flexibility index (Phi) is 6.16. The molecule has 0 atom stereocenters. The molecule has 0 saturated heterocycles. The first-order chi connectivity index (χ1) is 14.1. The van der Waals surface area contributed by atoms with Crippen molar-refractivity contribution in [3.8, 4) is 0 Å². The monoisotopic (exact) mass is 395 g/mol. The van der Waals surface area contributed by atoms with E-state index in [4.69, 9.17) is 9.97 Å². The van der Waals surface area contributed by atoms with Gasteiger partial charge in [-0.2, -0.15) is 4.98 Å². The molecule has 2 fully saturated rings. The third kappa shape index (κ3) is 4.80. The zero-order valence-corrected chi connectivity index (χ0v) is 17.7. The van der Waals surface area contributed by atoms with Gasteiger partial charge in [-0.15, -0.1) is 0 Å². The Hall–Kier alpha value is -2.37. The van der Waals surface area contributed by atoms with Gasteiger partial charge >= 0.3 is 0 Å². The van der Waals surface area contributed by atoms with Gasteiger partial charge in [0, 0.05) is 38.0 Å². The molecular formula is C23H33N5O. The number of para-hydroxylation sites is 1. The summed E-state index contributed by atoms with van der Waals surface area (Å²) in [6, 6.07) is 8.55. The van der Waals surface area contributed by atoms with Crippen molar-refractivity contribution in [3.05, 3.63) is 24.3 Å². The van der Waals surface area contributed by atoms with Crippen LogP contribution in [0.4, 0.5) is 11.8 Å². The number of carbonyl (C=O) groups is 1. The van der Waals surface area contributed by atoms with Crippen molar-refractivity contribution >= 4 is 28.6 Å². The van der Waals surface area contributed by atoms with Crippen molar-refractivity contribution in [2.75, 3.05) is 30.9 Å². The van der Waals surface area contributed by atoms with Crippen LogP contribution in [0.2, 0.25) is 0 Å². The molecule has 29 heavy (non-hydrogen) atoms. The minimum atomic E-state index is 0.268. The van der Waals surface area contributed by atoms with Gasteiger partial charge in [-0.25, -0.2) is 4.98 Å². The van der Waals surface area contributed by atoms with Gasteiger partial charge in [-0.3, -0.25) is 4.79 Å². The summed E-state index contributed by atoms with van der Waals surface area (Å²) in [6.07, 6.45) is 9.03. The number of rotatable bonds is 6. The molecule has 1 heterocycles. The van der Waals surface area contributed by atoms with Crippen molar-refractivity contribution in [2.45, 2.75) is 57.4 Å². The molecule has 0 radical (unpaired) electrons. The van der Waals surface area contributed by atoms with Gasteiger partial charge in [-0.1, -0.05) is 25.0 Å². The Morgan fingerprint density at radius 2 is 1.76 bits per heavy atom. The Bertz CT molecular complexity index is 838. The first-order valence-electron chi connectivity index (χ1n) is 11.1. The highest BCUT2D eigenvalue weighted by Gasteiger charge is 2.25. The number of hydrogen-bond acceptors (Lipinski definition) is 5. The second-order valence-corrected chi connectivity index (χ2v) is 8.87. The minimum absolute atomic E-state index is 0.268. The highest BCUT2D eigenvalue weighted by atomic mass is 16.1. The normalized spacial score (nSPS) is 22.6. The number of carbonyl (C=O) groups excluding carboxylic acids is 1. The van der Waals surface area contributed by atoms with Crippen molar-refractivity contribution in [3.63, 3.8) is 0 Å². The fourth-order valence-corrected chi connectivity index (χ4v) is 4.74. The second-order valence-electron chi connectivity index (χ2n) is 8.87. The van der Waals surface area contributed by atoms with Gasteiger partial charge in [0.05, 0.1) is 5.52 Å². The number of nitrogens with zero attached hydrogens (tertiary/aromatic N) is 3. The van der Waals surface area contributed by atoms with E-state index in [1.807, 2.05) is 37.2 Å². The molecule has 6 heteroatoms. The van der Waals surface area contributed by atoms with Crippen LogP contribution < -0.4 is 15.5 Å². The van der Waals surface area contributed by atoms with Crippen LogP contribution in [0.3, 0.4) is 0 Å². The molecule has 0 unspecified atom stereocenters. The molecule has 1 aromatic heterocycles. The Morgan fingerprint density at radius 3 is 2.48 bits per heavy atom. The maximum atomic E-state index is 12.2. The smallest absolute Gasteiger partial charge is 0.225 e. The number of fused-ring (bicyclic) bond motifs is 1. The average molecular weight is 396 g/mol. The summed E-state index contributed by atoms with van der Waals surface area (Å²) in [6.45, 7) is 0.833. The van der Waals surface area contributed by atoms with Gasteiger partial charge in [-0.05, 0) is 56.6 Å². The van der Waals surface area contributed by atoms with Crippen LogP contribution in [-0.2, 0) is 4.79 Å². The predicted octanol–water partition coefficient (Wildman–Crippen LogP) is 3.97. The summed E-state index contributed by atoms with van der Waals surface area (Å²) < 4.78 is 0. The SMILES string of the molecule is CN(C)c1nc(NC2CCC(CNC(=O)C3CCCC3)CC2)nc2ccccc12. The van der Waals surface area contributed by atoms with E-state index in [9.17, 15) is 4.79 Å². The molecule has 2 N–H and O–H groups in total. The molecule has 2 saturated carbocycles. The molecule has 0 bridgehead atoms. The maximum absolute atomic E-state index is 12.2. The lowest BCUT2D eigenvalue weighted by molar-refractivity contribution is -0.125. The summed E-state index contributed by atoms with van der Waals surface area (Å²) >= 11 is 0. The number of hydrogen-bond donors (Lipinski definition) is 2. The predicted molar refractivity (Wildman–Crippen MR) is 118 cm³/mol. The lowest BCUT2D eigenvalue weighted by atomic mass is 9.86. The molecule has 0 aliphatic heterocycles. The molecule has 2 aromatic rings. The van der Waals surface area contributed by atoms with Gasteiger partial charge in [0.25, 0.3) is 0 Å². The molecule has 4 rings (SSSR count). The van der Waals surface area contributed by atoms with Gasteiger partial charge < -0.3 is 15.5 Å². The summed E-state index contributed by atoms with van der Waals surface area (Å²) in [7, 11) is 4.03. The molecule has 156 valence electrons. The van der Waals surface area contributed by atoms with Crippen LogP contribution in [0.5, 0.6) is 0 Å². The summed E-state index contributed by atoms with van der Waals surface area (Å²) in [5.41, 5.74) is 0.969. The number of aromatic nitrogens is 2. The van der Waals surface area contributed by atoms with Crippen molar-refractivity contribution in [1.82, 2.24) is 15.3 Å². The highest BCUT2D eigenvalue weighted by Crippen LogP contribution is 2.29. The van der Waals surface area contributed by atoms with E-state index in [0.717, 1.165) is 61.8 Å². The Morgan fingerprint density at radius 1 is 1.03 bits per heavy atom. The van der Waals surface area contributed by atoms with Crippen molar-refractivity contribution < 1.29 is 4.79 Å². The fourth-order valence-electron chi connectivity index (χ4n) is 4.74.